The number of ether oxygens (including phenoxy) is 2. The molecule has 0 radical (unpaired) electrons. The molecule has 0 aliphatic carbocycles. The second kappa shape index (κ2) is 7.49. The molecule has 0 unspecified atom stereocenters. The Morgan fingerprint density at radius 2 is 1.73 bits per heavy atom. The molecule has 0 saturated heterocycles. The second-order valence-corrected chi connectivity index (χ2v) is 6.19. The number of rotatable bonds is 6. The number of benzene rings is 2. The fraction of sp³-hybridized carbons (Fsp3) is 0.188. The zero-order chi connectivity index (χ0) is 16.0. The second-order valence-electron chi connectivity index (χ2n) is 4.56. The molecule has 1 N–H and O–H groups in total. The average molecular weight is 340 g/mol. The highest BCUT2D eigenvalue weighted by atomic mass is 35.5. The van der Waals surface area contributed by atoms with Crippen LogP contribution in [0.3, 0.4) is 0 Å². The van der Waals surface area contributed by atoms with Crippen molar-refractivity contribution in [1.29, 1.82) is 0 Å². The summed E-state index contributed by atoms with van der Waals surface area (Å²) in [4.78, 5) is 12.1. The first-order chi connectivity index (χ1) is 10.4. The molecule has 2 rings (SSSR count). The maximum absolute atomic E-state index is 12.1. The van der Waals surface area contributed by atoms with Gasteiger partial charge in [0.15, 0.2) is 6.79 Å². The first kappa shape index (κ1) is 16.6. The lowest BCUT2D eigenvalue weighted by atomic mass is 10.2. The Hall–Kier alpha value is -1.75. The Labute approximate surface area is 138 Å². The van der Waals surface area contributed by atoms with E-state index in [0.717, 1.165) is 5.69 Å². The minimum atomic E-state index is -1.30. The largest absolute Gasteiger partial charge is 0.467 e. The molecule has 2 aromatic carbocycles. The summed E-state index contributed by atoms with van der Waals surface area (Å²) >= 11 is 11.3. The number of hydrogen-bond acceptors (Lipinski definition) is 3. The minimum Gasteiger partial charge on any atom is -0.467 e. The smallest absolute Gasteiger partial charge is 0.255 e. The van der Waals surface area contributed by atoms with E-state index in [2.05, 4.69) is 5.32 Å². The summed E-state index contributed by atoms with van der Waals surface area (Å²) in [7, 11) is 0. The first-order valence-corrected chi connectivity index (χ1v) is 7.31. The van der Waals surface area contributed by atoms with Crippen LogP contribution in [0.5, 0.6) is 5.75 Å². The van der Waals surface area contributed by atoms with Gasteiger partial charge in [0.05, 0.1) is 0 Å². The summed E-state index contributed by atoms with van der Waals surface area (Å²) in [6, 6.07) is 15.9. The molecule has 6 heteroatoms. The van der Waals surface area contributed by atoms with Crippen LogP contribution in [-0.2, 0) is 4.74 Å². The van der Waals surface area contributed by atoms with Gasteiger partial charge < -0.3 is 14.8 Å². The molecule has 116 valence electrons. The molecule has 0 atom stereocenters. The zero-order valence-corrected chi connectivity index (χ0v) is 13.4. The number of carbonyl (C=O) groups is 1. The number of para-hydroxylation sites is 1. The minimum absolute atomic E-state index is 0.0843. The molecule has 22 heavy (non-hydrogen) atoms. The Balaban J connectivity index is 1.90. The monoisotopic (exact) mass is 339 g/mol. The molecule has 4 nitrogen and oxygen atoms in total. The molecule has 0 fully saturated rings. The third-order valence-corrected chi connectivity index (χ3v) is 2.90. The van der Waals surface area contributed by atoms with Gasteiger partial charge in [0.25, 0.3) is 5.91 Å². The maximum atomic E-state index is 12.1. The van der Waals surface area contributed by atoms with Crippen LogP contribution in [0.15, 0.2) is 54.6 Å². The van der Waals surface area contributed by atoms with E-state index in [0.29, 0.717) is 11.3 Å². The van der Waals surface area contributed by atoms with E-state index in [1.807, 2.05) is 30.3 Å². The van der Waals surface area contributed by atoms with Crippen molar-refractivity contribution in [3.8, 4) is 5.75 Å². The van der Waals surface area contributed by atoms with Crippen molar-refractivity contribution in [3.63, 3.8) is 0 Å². The van der Waals surface area contributed by atoms with Gasteiger partial charge in [0.1, 0.15) is 5.75 Å². The molecule has 0 spiro atoms. The molecule has 0 bridgehead atoms. The maximum Gasteiger partial charge on any atom is 0.255 e. The van der Waals surface area contributed by atoms with E-state index in [9.17, 15) is 4.79 Å². The molecule has 0 aliphatic heterocycles. The van der Waals surface area contributed by atoms with Crippen molar-refractivity contribution in [2.45, 2.75) is 11.4 Å². The summed E-state index contributed by atoms with van der Waals surface area (Å²) in [5.74, 6) is 0.358. The quantitative estimate of drug-likeness (QED) is 0.625. The Morgan fingerprint density at radius 1 is 1.09 bits per heavy atom. The predicted octanol–water partition coefficient (Wildman–Crippen LogP) is 4.44. The van der Waals surface area contributed by atoms with Crippen molar-refractivity contribution in [2.75, 3.05) is 12.1 Å². The van der Waals surface area contributed by atoms with Gasteiger partial charge in [-0.3, -0.25) is 4.79 Å². The van der Waals surface area contributed by atoms with E-state index in [4.69, 9.17) is 32.7 Å². The lowest BCUT2D eigenvalue weighted by molar-refractivity contribution is -0.0133. The van der Waals surface area contributed by atoms with Crippen LogP contribution < -0.4 is 10.1 Å². The molecule has 0 aromatic heterocycles. The summed E-state index contributed by atoms with van der Waals surface area (Å²) < 4.78 is 9.04. The van der Waals surface area contributed by atoms with Crippen molar-refractivity contribution in [2.24, 2.45) is 0 Å². The Morgan fingerprint density at radius 3 is 2.32 bits per heavy atom. The van der Waals surface area contributed by atoms with Crippen molar-refractivity contribution >= 4 is 34.8 Å². The number of amides is 1. The van der Waals surface area contributed by atoms with Gasteiger partial charge in [-0.1, -0.05) is 41.4 Å². The molecule has 2 aromatic rings. The van der Waals surface area contributed by atoms with E-state index < -0.39 is 4.52 Å². The highest BCUT2D eigenvalue weighted by molar-refractivity contribution is 6.46. The Kier molecular flexibility index (Phi) is 5.66. The SMILES string of the molecule is CC(Cl)(Cl)OCOc1ccc(C(=O)Nc2ccccc2)cc1. The molecule has 0 saturated carbocycles. The van der Waals surface area contributed by atoms with Crippen molar-refractivity contribution < 1.29 is 14.3 Å². The molecular weight excluding hydrogens is 325 g/mol. The fourth-order valence-corrected chi connectivity index (χ4v) is 1.72. The number of hydrogen-bond donors (Lipinski definition) is 1. The normalized spacial score (nSPS) is 11.0. The molecular formula is C16H15Cl2NO3. The summed E-state index contributed by atoms with van der Waals surface area (Å²) in [6.07, 6.45) is 0. The van der Waals surface area contributed by atoms with E-state index in [-0.39, 0.29) is 12.7 Å². The number of anilines is 1. The summed E-state index contributed by atoms with van der Waals surface area (Å²) in [6.45, 7) is 1.41. The van der Waals surface area contributed by atoms with Crippen LogP contribution in [0, 0.1) is 0 Å². The fourth-order valence-electron chi connectivity index (χ4n) is 1.63. The molecule has 0 heterocycles. The topological polar surface area (TPSA) is 47.6 Å². The number of alkyl halides is 2. The predicted molar refractivity (Wildman–Crippen MR) is 87.5 cm³/mol. The molecule has 1 amide bonds. The van der Waals surface area contributed by atoms with Gasteiger partial charge in [-0.25, -0.2) is 0 Å². The number of halogens is 2. The third kappa shape index (κ3) is 5.56. The highest BCUT2D eigenvalue weighted by Crippen LogP contribution is 2.21. The van der Waals surface area contributed by atoms with Crippen LogP contribution in [0.2, 0.25) is 0 Å². The summed E-state index contributed by atoms with van der Waals surface area (Å²) in [5.41, 5.74) is 1.27. The number of carbonyl (C=O) groups excluding carboxylic acids is 1. The van der Waals surface area contributed by atoms with E-state index in [1.54, 1.807) is 24.3 Å². The van der Waals surface area contributed by atoms with Gasteiger partial charge in [0.2, 0.25) is 4.52 Å². The third-order valence-electron chi connectivity index (χ3n) is 2.69. The van der Waals surface area contributed by atoms with Gasteiger partial charge in [-0.05, 0) is 43.3 Å². The van der Waals surface area contributed by atoms with E-state index >= 15 is 0 Å². The van der Waals surface area contributed by atoms with Gasteiger partial charge >= 0.3 is 0 Å². The van der Waals surface area contributed by atoms with Crippen LogP contribution in [-0.4, -0.2) is 17.2 Å². The van der Waals surface area contributed by atoms with E-state index in [1.165, 1.54) is 6.92 Å². The van der Waals surface area contributed by atoms with Gasteiger partial charge in [-0.2, -0.15) is 0 Å². The average Bonchev–Trinajstić information content (AvgIpc) is 2.47. The standard InChI is InChI=1S/C16H15Cl2NO3/c1-16(17,18)22-11-21-14-9-7-12(8-10-14)15(20)19-13-5-3-2-4-6-13/h2-10H,11H2,1H3,(H,19,20). The lowest BCUT2D eigenvalue weighted by Gasteiger charge is -2.15. The first-order valence-electron chi connectivity index (χ1n) is 6.55. The van der Waals surface area contributed by atoms with Gasteiger partial charge in [0, 0.05) is 11.3 Å². The summed E-state index contributed by atoms with van der Waals surface area (Å²) in [5, 5.41) is 2.80. The van der Waals surface area contributed by atoms with Gasteiger partial charge in [-0.15, -0.1) is 0 Å². The zero-order valence-electron chi connectivity index (χ0n) is 11.9. The van der Waals surface area contributed by atoms with Crippen LogP contribution >= 0.6 is 23.2 Å². The molecule has 0 aliphatic rings. The Bertz CT molecular complexity index is 610. The van der Waals surface area contributed by atoms with Crippen LogP contribution in [0.4, 0.5) is 5.69 Å². The van der Waals surface area contributed by atoms with Crippen LogP contribution in [0.1, 0.15) is 17.3 Å². The number of nitrogens with one attached hydrogen (secondary N) is 1. The highest BCUT2D eigenvalue weighted by Gasteiger charge is 2.16. The van der Waals surface area contributed by atoms with Crippen molar-refractivity contribution in [3.05, 3.63) is 60.2 Å². The van der Waals surface area contributed by atoms with Crippen molar-refractivity contribution in [1.82, 2.24) is 0 Å². The van der Waals surface area contributed by atoms with Crippen LogP contribution in [0.25, 0.3) is 0 Å². The lowest BCUT2D eigenvalue weighted by Crippen LogP contribution is -2.16.